The van der Waals surface area contributed by atoms with Gasteiger partial charge in [0, 0.05) is 12.8 Å². The molecule has 0 saturated carbocycles. The Balaban J connectivity index is 4.03. The van der Waals surface area contributed by atoms with E-state index in [0.717, 1.165) is 51.4 Å². The number of unbranched alkanes of at least 4 members (excludes halogenated alkanes) is 16. The second kappa shape index (κ2) is 37.5. The van der Waals surface area contributed by atoms with Crippen molar-refractivity contribution < 1.29 is 37.9 Å². The molecule has 0 amide bonds. The van der Waals surface area contributed by atoms with E-state index in [-0.39, 0.29) is 19.4 Å². The summed E-state index contributed by atoms with van der Waals surface area (Å²) >= 11 is 0. The van der Waals surface area contributed by atoms with Crippen molar-refractivity contribution in [2.75, 3.05) is 13.2 Å². The van der Waals surface area contributed by atoms with E-state index in [9.17, 15) is 14.2 Å². The topological polar surface area (TPSA) is 119 Å². The highest BCUT2D eigenvalue weighted by molar-refractivity contribution is 7.46. The van der Waals surface area contributed by atoms with Gasteiger partial charge in [-0.3, -0.25) is 14.1 Å². The first-order valence-electron chi connectivity index (χ1n) is 20.1. The summed E-state index contributed by atoms with van der Waals surface area (Å²) in [7, 11) is -4.77. The minimum Gasteiger partial charge on any atom is -0.462 e. The lowest BCUT2D eigenvalue weighted by atomic mass is 10.0. The zero-order valence-corrected chi connectivity index (χ0v) is 33.1. The molecule has 0 aromatic heterocycles. The highest BCUT2D eigenvalue weighted by atomic mass is 31.2. The van der Waals surface area contributed by atoms with E-state index in [4.69, 9.17) is 19.3 Å². The molecule has 0 bridgehead atoms. The Morgan fingerprint density at radius 3 is 1.39 bits per heavy atom. The summed E-state index contributed by atoms with van der Waals surface area (Å²) in [5, 5.41) is 0. The number of hydrogen-bond donors (Lipinski definition) is 2. The normalized spacial score (nSPS) is 13.1. The maximum Gasteiger partial charge on any atom is 0.469 e. The van der Waals surface area contributed by atoms with Gasteiger partial charge in [-0.05, 0) is 51.4 Å². The summed E-state index contributed by atoms with van der Waals surface area (Å²) in [4.78, 5) is 42.8. The molecule has 0 aliphatic rings. The lowest BCUT2D eigenvalue weighted by Crippen LogP contribution is -2.29. The Morgan fingerprint density at radius 1 is 0.529 bits per heavy atom. The van der Waals surface area contributed by atoms with Crippen molar-refractivity contribution in [1.29, 1.82) is 0 Å². The highest BCUT2D eigenvalue weighted by Gasteiger charge is 2.22. The van der Waals surface area contributed by atoms with Crippen LogP contribution in [0.25, 0.3) is 0 Å². The van der Waals surface area contributed by atoms with E-state index in [1.165, 1.54) is 83.5 Å². The molecule has 8 nitrogen and oxygen atoms in total. The predicted molar refractivity (Wildman–Crippen MR) is 211 cm³/mol. The Kier molecular flexibility index (Phi) is 35.9. The fourth-order valence-corrected chi connectivity index (χ4v) is 5.71. The van der Waals surface area contributed by atoms with Crippen LogP contribution in [0.5, 0.6) is 0 Å². The number of rotatable bonds is 36. The average molecular weight is 737 g/mol. The van der Waals surface area contributed by atoms with Crippen LogP contribution in [-0.2, 0) is 28.2 Å². The first kappa shape index (κ1) is 48.8. The van der Waals surface area contributed by atoms with E-state index in [1.807, 2.05) is 12.2 Å². The number of phosphoric ester groups is 1. The number of carbonyl (C=O) groups is 2. The van der Waals surface area contributed by atoms with E-state index < -0.39 is 32.5 Å². The van der Waals surface area contributed by atoms with Crippen LogP contribution in [-0.4, -0.2) is 41.0 Å². The van der Waals surface area contributed by atoms with Gasteiger partial charge in [-0.25, -0.2) is 4.57 Å². The van der Waals surface area contributed by atoms with Crippen molar-refractivity contribution >= 4 is 19.8 Å². The molecular formula is C42H73O8P. The van der Waals surface area contributed by atoms with Gasteiger partial charge in [0.25, 0.3) is 0 Å². The predicted octanol–water partition coefficient (Wildman–Crippen LogP) is 12.1. The van der Waals surface area contributed by atoms with Crippen LogP contribution < -0.4 is 0 Å². The zero-order chi connectivity index (χ0) is 37.5. The number of phosphoric acid groups is 1. The van der Waals surface area contributed by atoms with Crippen molar-refractivity contribution in [3.8, 4) is 0 Å². The molecule has 51 heavy (non-hydrogen) atoms. The quantitative estimate of drug-likeness (QED) is 0.0282. The average Bonchev–Trinajstić information content (AvgIpc) is 3.10. The van der Waals surface area contributed by atoms with E-state index in [2.05, 4.69) is 67.0 Å². The number of esters is 2. The maximum absolute atomic E-state index is 12.4. The third-order valence-electron chi connectivity index (χ3n) is 8.30. The Hall–Kier alpha value is -2.25. The SMILES string of the molecule is CC/C=C\C/C=C\C/C=C\C/C=C\C/C=C\CCCC(=O)O[C@H](COC(=O)CCCCCCCCCCCCCCCCCC)COP(=O)(O)O. The van der Waals surface area contributed by atoms with Gasteiger partial charge in [0.15, 0.2) is 6.10 Å². The molecule has 294 valence electrons. The van der Waals surface area contributed by atoms with E-state index >= 15 is 0 Å². The molecule has 1 atom stereocenters. The van der Waals surface area contributed by atoms with Gasteiger partial charge < -0.3 is 19.3 Å². The molecule has 0 heterocycles. The third kappa shape index (κ3) is 40.4. The first-order valence-corrected chi connectivity index (χ1v) is 21.6. The number of allylic oxidation sites excluding steroid dienone is 10. The minimum absolute atomic E-state index is 0.133. The van der Waals surface area contributed by atoms with Crippen LogP contribution in [0.1, 0.15) is 174 Å². The van der Waals surface area contributed by atoms with E-state index in [1.54, 1.807) is 0 Å². The smallest absolute Gasteiger partial charge is 0.462 e. The molecule has 2 N–H and O–H groups in total. The van der Waals surface area contributed by atoms with Crippen molar-refractivity contribution in [3.05, 3.63) is 60.8 Å². The second-order valence-electron chi connectivity index (χ2n) is 13.2. The van der Waals surface area contributed by atoms with Crippen LogP contribution in [0, 0.1) is 0 Å². The largest absolute Gasteiger partial charge is 0.469 e. The Labute approximate surface area is 311 Å². The van der Waals surface area contributed by atoms with Crippen LogP contribution in [0.2, 0.25) is 0 Å². The fraction of sp³-hybridized carbons (Fsp3) is 0.714. The lowest BCUT2D eigenvalue weighted by molar-refractivity contribution is -0.161. The number of carbonyl (C=O) groups excluding carboxylic acids is 2. The van der Waals surface area contributed by atoms with Gasteiger partial charge in [0.05, 0.1) is 6.61 Å². The molecule has 0 radical (unpaired) electrons. The molecule has 0 aliphatic heterocycles. The molecule has 0 aromatic rings. The van der Waals surface area contributed by atoms with Gasteiger partial charge in [-0.15, -0.1) is 0 Å². The second-order valence-corrected chi connectivity index (χ2v) is 14.5. The van der Waals surface area contributed by atoms with Crippen molar-refractivity contribution in [3.63, 3.8) is 0 Å². The minimum atomic E-state index is -4.77. The summed E-state index contributed by atoms with van der Waals surface area (Å²) in [6, 6.07) is 0. The molecule has 9 heteroatoms. The van der Waals surface area contributed by atoms with Gasteiger partial charge in [-0.1, -0.05) is 171 Å². The standard InChI is InChI=1S/C42H73O8P/c1-3-5-7-9-11-13-15-17-19-21-23-25-27-29-31-33-35-37-42(44)50-40(39-49-51(45,46)47)38-48-41(43)36-34-32-30-28-26-24-22-20-18-16-14-12-10-8-6-4-2/h5,7,11,13,17,19,23,25,29,31,40H,3-4,6,8-10,12,14-16,18,20-22,24,26-28,30,32-39H2,1-2H3,(H2,45,46,47)/b7-5-,13-11-,19-17-,25-23-,31-29-/t40-/m1/s1. The van der Waals surface area contributed by atoms with Gasteiger partial charge >= 0.3 is 19.8 Å². The van der Waals surface area contributed by atoms with Gasteiger partial charge in [0.2, 0.25) is 0 Å². The monoisotopic (exact) mass is 737 g/mol. The summed E-state index contributed by atoms with van der Waals surface area (Å²) in [6.45, 7) is 3.52. The molecule has 0 aliphatic carbocycles. The molecule has 0 saturated heterocycles. The van der Waals surface area contributed by atoms with Crippen LogP contribution in [0.15, 0.2) is 60.8 Å². The molecule has 0 spiro atoms. The Morgan fingerprint density at radius 2 is 0.941 bits per heavy atom. The summed E-state index contributed by atoms with van der Waals surface area (Å²) in [5.41, 5.74) is 0. The van der Waals surface area contributed by atoms with E-state index in [0.29, 0.717) is 12.8 Å². The summed E-state index contributed by atoms with van der Waals surface area (Å²) in [6.07, 6.45) is 46.6. The number of hydrogen-bond acceptors (Lipinski definition) is 6. The summed E-state index contributed by atoms with van der Waals surface area (Å²) in [5.74, 6) is -0.952. The number of ether oxygens (including phenoxy) is 2. The fourth-order valence-electron chi connectivity index (χ4n) is 5.35. The van der Waals surface area contributed by atoms with Crippen molar-refractivity contribution in [2.45, 2.75) is 180 Å². The Bertz CT molecular complexity index is 1010. The molecule has 0 rings (SSSR count). The third-order valence-corrected chi connectivity index (χ3v) is 8.79. The zero-order valence-electron chi connectivity index (χ0n) is 32.2. The van der Waals surface area contributed by atoms with Gasteiger partial charge in [-0.2, -0.15) is 0 Å². The van der Waals surface area contributed by atoms with Crippen molar-refractivity contribution in [2.24, 2.45) is 0 Å². The highest BCUT2D eigenvalue weighted by Crippen LogP contribution is 2.36. The van der Waals surface area contributed by atoms with Crippen LogP contribution in [0.3, 0.4) is 0 Å². The summed E-state index contributed by atoms with van der Waals surface area (Å²) < 4.78 is 26.3. The molecule has 0 aromatic carbocycles. The maximum atomic E-state index is 12.4. The van der Waals surface area contributed by atoms with Crippen molar-refractivity contribution in [1.82, 2.24) is 0 Å². The van der Waals surface area contributed by atoms with Crippen LogP contribution >= 0.6 is 7.82 Å². The van der Waals surface area contributed by atoms with Crippen LogP contribution in [0.4, 0.5) is 0 Å². The lowest BCUT2D eigenvalue weighted by Gasteiger charge is -2.18. The molecule has 0 unspecified atom stereocenters. The van der Waals surface area contributed by atoms with Gasteiger partial charge in [0.1, 0.15) is 6.61 Å². The molecular weight excluding hydrogens is 663 g/mol. The molecule has 0 fully saturated rings. The first-order chi connectivity index (χ1) is 24.8.